The van der Waals surface area contributed by atoms with Gasteiger partial charge in [0.25, 0.3) is 0 Å². The molecule has 5 heteroatoms. The van der Waals surface area contributed by atoms with Gasteiger partial charge in [-0.3, -0.25) is 0 Å². The molecule has 0 aliphatic carbocycles. The fourth-order valence-corrected chi connectivity index (χ4v) is 2.17. The van der Waals surface area contributed by atoms with Crippen LogP contribution in [0.1, 0.15) is 12.2 Å². The van der Waals surface area contributed by atoms with E-state index in [2.05, 4.69) is 9.55 Å². The highest BCUT2D eigenvalue weighted by molar-refractivity contribution is 5.80. The second-order valence-corrected chi connectivity index (χ2v) is 4.15. The van der Waals surface area contributed by atoms with Crippen LogP contribution in [0.4, 0.5) is 0 Å². The lowest BCUT2D eigenvalue weighted by atomic mass is 10.2. The van der Waals surface area contributed by atoms with Crippen LogP contribution in [0.5, 0.6) is 11.5 Å². The fraction of sp³-hybridized carbons (Fsp3) is 0.417. The molecule has 2 aromatic rings. The van der Waals surface area contributed by atoms with Crippen LogP contribution in [-0.4, -0.2) is 22.9 Å². The second kappa shape index (κ2) is 3.92. The molecule has 3 rings (SSSR count). The Hall–Kier alpha value is -1.75. The molecule has 0 fully saturated rings. The van der Waals surface area contributed by atoms with Crippen molar-refractivity contribution in [2.75, 3.05) is 13.3 Å². The Bertz CT molecular complexity index is 562. The lowest BCUT2D eigenvalue weighted by Crippen LogP contribution is -2.06. The van der Waals surface area contributed by atoms with Crippen LogP contribution < -0.4 is 15.2 Å². The summed E-state index contributed by atoms with van der Waals surface area (Å²) >= 11 is 0. The Morgan fingerprint density at radius 1 is 1.35 bits per heavy atom. The zero-order valence-corrected chi connectivity index (χ0v) is 9.77. The van der Waals surface area contributed by atoms with Gasteiger partial charge >= 0.3 is 0 Å². The minimum Gasteiger partial charge on any atom is -0.454 e. The lowest BCUT2D eigenvalue weighted by Gasteiger charge is -2.05. The number of nitrogens with zero attached hydrogens (tertiary/aromatic N) is 2. The summed E-state index contributed by atoms with van der Waals surface area (Å²) < 4.78 is 12.9. The molecule has 1 aromatic carbocycles. The van der Waals surface area contributed by atoms with Crippen molar-refractivity contribution < 1.29 is 9.47 Å². The highest BCUT2D eigenvalue weighted by Crippen LogP contribution is 2.36. The van der Waals surface area contributed by atoms with Crippen molar-refractivity contribution in [3.63, 3.8) is 0 Å². The quantitative estimate of drug-likeness (QED) is 0.871. The van der Waals surface area contributed by atoms with Crippen LogP contribution in [0.15, 0.2) is 12.1 Å². The first-order valence-electron chi connectivity index (χ1n) is 5.76. The number of benzene rings is 1. The first kappa shape index (κ1) is 10.4. The second-order valence-electron chi connectivity index (χ2n) is 4.15. The highest BCUT2D eigenvalue weighted by Gasteiger charge is 2.17. The summed E-state index contributed by atoms with van der Waals surface area (Å²) in [5.41, 5.74) is 7.58. The molecular weight excluding hydrogens is 218 g/mol. The van der Waals surface area contributed by atoms with Crippen LogP contribution in [0.3, 0.4) is 0 Å². The molecule has 2 N–H and O–H groups in total. The van der Waals surface area contributed by atoms with Gasteiger partial charge in [-0.05, 0) is 19.9 Å². The van der Waals surface area contributed by atoms with E-state index in [9.17, 15) is 0 Å². The highest BCUT2D eigenvalue weighted by atomic mass is 16.7. The molecule has 0 unspecified atom stereocenters. The third-order valence-electron chi connectivity index (χ3n) is 3.02. The number of hydrogen-bond donors (Lipinski definition) is 1. The third-order valence-corrected chi connectivity index (χ3v) is 3.02. The topological polar surface area (TPSA) is 62.3 Å². The first-order chi connectivity index (χ1) is 8.29. The molecule has 5 nitrogen and oxygen atoms in total. The van der Waals surface area contributed by atoms with Crippen molar-refractivity contribution >= 4 is 11.0 Å². The van der Waals surface area contributed by atoms with Gasteiger partial charge in [0.05, 0.1) is 11.0 Å². The molecular formula is C12H15N3O2. The summed E-state index contributed by atoms with van der Waals surface area (Å²) in [5.74, 6) is 2.57. The van der Waals surface area contributed by atoms with E-state index in [0.717, 1.165) is 41.3 Å². The van der Waals surface area contributed by atoms with Crippen molar-refractivity contribution in [2.24, 2.45) is 5.73 Å². The van der Waals surface area contributed by atoms with Gasteiger partial charge in [0, 0.05) is 18.7 Å². The average molecular weight is 233 g/mol. The molecule has 0 saturated heterocycles. The Balaban J connectivity index is 2.11. The summed E-state index contributed by atoms with van der Waals surface area (Å²) in [6.07, 6.45) is 0.945. The molecule has 2 heterocycles. The molecule has 1 aromatic heterocycles. The molecule has 1 aliphatic heterocycles. The minimum absolute atomic E-state index is 0.295. The minimum atomic E-state index is 0.295. The van der Waals surface area contributed by atoms with Gasteiger partial charge in [0.1, 0.15) is 5.82 Å². The molecule has 0 atom stereocenters. The Morgan fingerprint density at radius 2 is 2.12 bits per heavy atom. The van der Waals surface area contributed by atoms with E-state index < -0.39 is 0 Å². The molecule has 0 saturated carbocycles. The number of aromatic nitrogens is 2. The van der Waals surface area contributed by atoms with E-state index in [4.69, 9.17) is 15.2 Å². The summed E-state index contributed by atoms with van der Waals surface area (Å²) in [6, 6.07) is 3.93. The van der Waals surface area contributed by atoms with Crippen molar-refractivity contribution in [2.45, 2.75) is 19.9 Å². The maximum atomic E-state index is 5.55. The lowest BCUT2D eigenvalue weighted by molar-refractivity contribution is 0.174. The molecule has 17 heavy (non-hydrogen) atoms. The van der Waals surface area contributed by atoms with Crippen LogP contribution in [0.2, 0.25) is 0 Å². The van der Waals surface area contributed by atoms with Crippen molar-refractivity contribution in [1.82, 2.24) is 9.55 Å². The standard InChI is InChI=1S/C12H15N3O2/c1-8-14-9-5-11-12(17-7-16-11)6-10(9)15(8)4-2-3-13/h5-6H,2-4,7,13H2,1H3. The predicted molar refractivity (Wildman–Crippen MR) is 64.3 cm³/mol. The van der Waals surface area contributed by atoms with Crippen molar-refractivity contribution in [3.05, 3.63) is 18.0 Å². The summed E-state index contributed by atoms with van der Waals surface area (Å²) in [4.78, 5) is 4.53. The van der Waals surface area contributed by atoms with Gasteiger partial charge in [-0.25, -0.2) is 4.98 Å². The Labute approximate surface area is 99.1 Å². The van der Waals surface area contributed by atoms with E-state index in [1.54, 1.807) is 0 Å². The zero-order valence-electron chi connectivity index (χ0n) is 9.77. The van der Waals surface area contributed by atoms with Gasteiger partial charge in [0.15, 0.2) is 11.5 Å². The van der Waals surface area contributed by atoms with Gasteiger partial charge in [-0.1, -0.05) is 0 Å². The molecule has 0 amide bonds. The van der Waals surface area contributed by atoms with Crippen molar-refractivity contribution in [3.8, 4) is 11.5 Å². The van der Waals surface area contributed by atoms with Crippen LogP contribution in [-0.2, 0) is 6.54 Å². The Morgan fingerprint density at radius 3 is 2.88 bits per heavy atom. The number of nitrogens with two attached hydrogens (primary N) is 1. The monoisotopic (exact) mass is 233 g/mol. The SMILES string of the molecule is Cc1nc2cc3c(cc2n1CCCN)OCO3. The summed E-state index contributed by atoms with van der Waals surface area (Å²) in [7, 11) is 0. The molecule has 1 aliphatic rings. The number of aryl methyl sites for hydroxylation is 2. The van der Waals surface area contributed by atoms with Crippen LogP contribution >= 0.6 is 0 Å². The normalized spacial score (nSPS) is 13.5. The van der Waals surface area contributed by atoms with E-state index in [1.807, 2.05) is 19.1 Å². The van der Waals surface area contributed by atoms with Gasteiger partial charge in [0.2, 0.25) is 6.79 Å². The number of ether oxygens (including phenoxy) is 2. The predicted octanol–water partition coefficient (Wildman–Crippen LogP) is 1.42. The smallest absolute Gasteiger partial charge is 0.231 e. The van der Waals surface area contributed by atoms with Crippen LogP contribution in [0, 0.1) is 6.92 Å². The van der Waals surface area contributed by atoms with E-state index in [1.165, 1.54) is 0 Å². The molecule has 0 spiro atoms. The van der Waals surface area contributed by atoms with Crippen LogP contribution in [0.25, 0.3) is 11.0 Å². The molecule has 0 radical (unpaired) electrons. The first-order valence-corrected chi connectivity index (χ1v) is 5.76. The number of rotatable bonds is 3. The molecule has 0 bridgehead atoms. The van der Waals surface area contributed by atoms with E-state index in [-0.39, 0.29) is 0 Å². The van der Waals surface area contributed by atoms with Gasteiger partial charge < -0.3 is 19.8 Å². The van der Waals surface area contributed by atoms with E-state index in [0.29, 0.717) is 13.3 Å². The Kier molecular flexibility index (Phi) is 2.40. The third kappa shape index (κ3) is 1.63. The van der Waals surface area contributed by atoms with Crippen molar-refractivity contribution in [1.29, 1.82) is 0 Å². The zero-order chi connectivity index (χ0) is 11.8. The fourth-order valence-electron chi connectivity index (χ4n) is 2.17. The van der Waals surface area contributed by atoms with E-state index >= 15 is 0 Å². The van der Waals surface area contributed by atoms with Gasteiger partial charge in [-0.2, -0.15) is 0 Å². The average Bonchev–Trinajstić information content (AvgIpc) is 2.87. The summed E-state index contributed by atoms with van der Waals surface area (Å²) in [5, 5.41) is 0. The number of hydrogen-bond acceptors (Lipinski definition) is 4. The largest absolute Gasteiger partial charge is 0.454 e. The van der Waals surface area contributed by atoms with Gasteiger partial charge in [-0.15, -0.1) is 0 Å². The number of imidazole rings is 1. The maximum absolute atomic E-state index is 5.55. The maximum Gasteiger partial charge on any atom is 0.231 e. The number of fused-ring (bicyclic) bond motifs is 2. The summed E-state index contributed by atoms with van der Waals surface area (Å²) in [6.45, 7) is 3.87. The molecule has 90 valence electrons.